The van der Waals surface area contributed by atoms with Gasteiger partial charge in [-0.1, -0.05) is 19.8 Å². The van der Waals surface area contributed by atoms with E-state index in [4.69, 9.17) is 0 Å². The van der Waals surface area contributed by atoms with Crippen molar-refractivity contribution in [2.24, 2.45) is 5.92 Å². The van der Waals surface area contributed by atoms with Crippen LogP contribution in [-0.4, -0.2) is 6.67 Å². The molecule has 106 valence electrons. The van der Waals surface area contributed by atoms with E-state index in [0.29, 0.717) is 0 Å². The number of hydrogen-bond donors (Lipinski definition) is 0. The van der Waals surface area contributed by atoms with Crippen LogP contribution in [0.3, 0.4) is 0 Å². The van der Waals surface area contributed by atoms with E-state index in [1.165, 1.54) is 12.1 Å². The Morgan fingerprint density at radius 1 is 1.05 bits per heavy atom. The molecule has 3 heteroatoms. The quantitative estimate of drug-likeness (QED) is 0.709. The lowest BCUT2D eigenvalue weighted by atomic mass is 9.79. The summed E-state index contributed by atoms with van der Waals surface area (Å²) in [5.74, 6) is -0.0330. The van der Waals surface area contributed by atoms with Crippen molar-refractivity contribution >= 4 is 0 Å². The van der Waals surface area contributed by atoms with Crippen molar-refractivity contribution in [3.63, 3.8) is 0 Å². The molecule has 0 atom stereocenters. The highest BCUT2D eigenvalue weighted by molar-refractivity contribution is 5.29. The van der Waals surface area contributed by atoms with Crippen LogP contribution < -0.4 is 0 Å². The van der Waals surface area contributed by atoms with Crippen molar-refractivity contribution in [3.8, 4) is 0 Å². The number of alkyl halides is 1. The van der Waals surface area contributed by atoms with E-state index in [2.05, 4.69) is 6.92 Å². The molecule has 1 aromatic rings. The first-order valence-electron chi connectivity index (χ1n) is 7.15. The van der Waals surface area contributed by atoms with Crippen molar-refractivity contribution in [1.82, 2.24) is 0 Å². The lowest BCUT2D eigenvalue weighted by Crippen LogP contribution is -2.12. The summed E-state index contributed by atoms with van der Waals surface area (Å²) in [5.41, 5.74) is 0.802. The molecule has 0 heterocycles. The Morgan fingerprint density at radius 2 is 1.63 bits per heavy atom. The van der Waals surface area contributed by atoms with Gasteiger partial charge in [-0.2, -0.15) is 0 Å². The Kier molecular flexibility index (Phi) is 4.89. The number of benzene rings is 1. The van der Waals surface area contributed by atoms with E-state index in [-0.39, 0.29) is 24.3 Å². The Hall–Kier alpha value is -0.990. The molecule has 1 fully saturated rings. The SMILES string of the molecule is CC1CCC(c2cc(F)c(CCCF)c(F)c2)CC1. The predicted octanol–water partition coefficient (Wildman–Crippen LogP) is 5.16. The van der Waals surface area contributed by atoms with Crippen molar-refractivity contribution in [1.29, 1.82) is 0 Å². The van der Waals surface area contributed by atoms with Crippen molar-refractivity contribution in [2.75, 3.05) is 6.67 Å². The smallest absolute Gasteiger partial charge is 0.129 e. The molecule has 1 aliphatic rings. The minimum absolute atomic E-state index is 0.0329. The molecule has 1 saturated carbocycles. The van der Waals surface area contributed by atoms with Gasteiger partial charge in [0.15, 0.2) is 0 Å². The molecule has 0 aliphatic heterocycles. The van der Waals surface area contributed by atoms with Crippen molar-refractivity contribution in [2.45, 2.75) is 51.4 Å². The minimum Gasteiger partial charge on any atom is -0.251 e. The first kappa shape index (κ1) is 14.4. The molecule has 19 heavy (non-hydrogen) atoms. The molecular formula is C16H21F3. The fourth-order valence-electron chi connectivity index (χ4n) is 2.93. The lowest BCUT2D eigenvalue weighted by Gasteiger charge is -2.26. The van der Waals surface area contributed by atoms with Crippen LogP contribution in [0.25, 0.3) is 0 Å². The summed E-state index contributed by atoms with van der Waals surface area (Å²) >= 11 is 0. The first-order valence-corrected chi connectivity index (χ1v) is 7.15. The standard InChI is InChI=1S/C16H21F3/c1-11-4-6-12(7-5-11)13-9-15(18)14(3-2-8-17)16(19)10-13/h9-12H,2-8H2,1H3. The fourth-order valence-corrected chi connectivity index (χ4v) is 2.93. The van der Waals surface area contributed by atoms with Gasteiger partial charge >= 0.3 is 0 Å². The fraction of sp³-hybridized carbons (Fsp3) is 0.625. The maximum atomic E-state index is 13.9. The second-order valence-electron chi connectivity index (χ2n) is 5.71. The topological polar surface area (TPSA) is 0 Å². The highest BCUT2D eigenvalue weighted by Gasteiger charge is 2.22. The number of rotatable bonds is 4. The van der Waals surface area contributed by atoms with Crippen LogP contribution in [0.1, 0.15) is 56.1 Å². The molecule has 0 radical (unpaired) electrons. The molecule has 2 rings (SSSR count). The van der Waals surface area contributed by atoms with Gasteiger partial charge in [0, 0.05) is 5.56 Å². The van der Waals surface area contributed by atoms with E-state index in [9.17, 15) is 13.2 Å². The third-order valence-corrected chi connectivity index (χ3v) is 4.21. The van der Waals surface area contributed by atoms with Gasteiger partial charge in [0.1, 0.15) is 11.6 Å². The van der Waals surface area contributed by atoms with E-state index in [0.717, 1.165) is 37.2 Å². The highest BCUT2D eigenvalue weighted by atomic mass is 19.1. The molecule has 0 saturated heterocycles. The third kappa shape index (κ3) is 3.52. The van der Waals surface area contributed by atoms with Crippen LogP contribution in [0.2, 0.25) is 0 Å². The molecule has 0 nitrogen and oxygen atoms in total. The Balaban J connectivity index is 2.15. The van der Waals surface area contributed by atoms with Crippen LogP contribution in [0.5, 0.6) is 0 Å². The van der Waals surface area contributed by atoms with E-state index in [1.54, 1.807) is 0 Å². The average Bonchev–Trinajstić information content (AvgIpc) is 2.38. The van der Waals surface area contributed by atoms with Crippen LogP contribution in [-0.2, 0) is 6.42 Å². The van der Waals surface area contributed by atoms with Crippen molar-refractivity contribution in [3.05, 3.63) is 34.9 Å². The van der Waals surface area contributed by atoms with Gasteiger partial charge in [0.05, 0.1) is 6.67 Å². The molecule has 0 amide bonds. The third-order valence-electron chi connectivity index (χ3n) is 4.21. The van der Waals surface area contributed by atoms with Gasteiger partial charge in [0.25, 0.3) is 0 Å². The summed E-state index contributed by atoms with van der Waals surface area (Å²) in [6.07, 6.45) is 4.56. The predicted molar refractivity (Wildman–Crippen MR) is 71.0 cm³/mol. The lowest BCUT2D eigenvalue weighted by molar-refractivity contribution is 0.346. The largest absolute Gasteiger partial charge is 0.251 e. The van der Waals surface area contributed by atoms with E-state index < -0.39 is 18.3 Å². The maximum Gasteiger partial charge on any atom is 0.129 e. The van der Waals surface area contributed by atoms with Crippen LogP contribution in [0.4, 0.5) is 13.2 Å². The van der Waals surface area contributed by atoms with Gasteiger partial charge in [-0.05, 0) is 55.2 Å². The van der Waals surface area contributed by atoms with Gasteiger partial charge in [0.2, 0.25) is 0 Å². The average molecular weight is 270 g/mol. The Bertz CT molecular complexity index is 397. The monoisotopic (exact) mass is 270 g/mol. The zero-order valence-electron chi connectivity index (χ0n) is 11.4. The van der Waals surface area contributed by atoms with Crippen LogP contribution in [0.15, 0.2) is 12.1 Å². The minimum atomic E-state index is -0.541. The zero-order valence-corrected chi connectivity index (χ0v) is 11.4. The van der Waals surface area contributed by atoms with Gasteiger partial charge < -0.3 is 0 Å². The first-order chi connectivity index (χ1) is 9.11. The normalized spacial score (nSPS) is 23.6. The summed E-state index contributed by atoms with van der Waals surface area (Å²) in [5, 5.41) is 0. The second kappa shape index (κ2) is 6.44. The highest BCUT2D eigenvalue weighted by Crippen LogP contribution is 2.36. The molecule has 1 aliphatic carbocycles. The summed E-state index contributed by atoms with van der Waals surface area (Å²) < 4.78 is 39.9. The van der Waals surface area contributed by atoms with Gasteiger partial charge in [-0.25, -0.2) is 8.78 Å². The molecule has 0 bridgehead atoms. The molecule has 0 spiro atoms. The number of halogens is 3. The second-order valence-corrected chi connectivity index (χ2v) is 5.71. The zero-order chi connectivity index (χ0) is 13.8. The molecular weight excluding hydrogens is 249 g/mol. The molecule has 0 aromatic heterocycles. The molecule has 0 unspecified atom stereocenters. The summed E-state index contributed by atoms with van der Waals surface area (Å²) in [6.45, 7) is 1.68. The molecule has 0 N–H and O–H groups in total. The number of hydrogen-bond acceptors (Lipinski definition) is 0. The van der Waals surface area contributed by atoms with Crippen LogP contribution >= 0.6 is 0 Å². The molecule has 1 aromatic carbocycles. The Labute approximate surface area is 113 Å². The van der Waals surface area contributed by atoms with Crippen molar-refractivity contribution < 1.29 is 13.2 Å². The van der Waals surface area contributed by atoms with E-state index in [1.807, 2.05) is 0 Å². The Morgan fingerprint density at radius 3 is 2.16 bits per heavy atom. The summed E-state index contributed by atoms with van der Waals surface area (Å²) in [6, 6.07) is 2.91. The summed E-state index contributed by atoms with van der Waals surface area (Å²) in [4.78, 5) is 0. The van der Waals surface area contributed by atoms with E-state index >= 15 is 0 Å². The van der Waals surface area contributed by atoms with Gasteiger partial charge in [-0.15, -0.1) is 0 Å². The van der Waals surface area contributed by atoms with Gasteiger partial charge in [-0.3, -0.25) is 4.39 Å². The maximum absolute atomic E-state index is 13.9. The van der Waals surface area contributed by atoms with Crippen LogP contribution in [0, 0.1) is 17.6 Å². The summed E-state index contributed by atoms with van der Waals surface area (Å²) in [7, 11) is 0.